The minimum atomic E-state index is 0.0539. The molecule has 2 aliphatic rings. The van der Waals surface area contributed by atoms with Crippen molar-refractivity contribution in [2.45, 2.75) is 44.6 Å². The molecule has 3 rings (SSSR count). The van der Waals surface area contributed by atoms with E-state index in [0.717, 1.165) is 23.9 Å². The van der Waals surface area contributed by atoms with Crippen LogP contribution >= 0.6 is 11.6 Å². The number of aryl methyl sites for hydroxylation is 1. The summed E-state index contributed by atoms with van der Waals surface area (Å²) >= 11 is 6.17. The first-order chi connectivity index (χ1) is 9.65. The number of rotatable bonds is 2. The lowest BCUT2D eigenvalue weighted by atomic mass is 9.74. The van der Waals surface area contributed by atoms with Crippen LogP contribution in [0, 0.1) is 5.92 Å². The molecule has 1 aliphatic carbocycles. The average molecular weight is 293 g/mol. The molecule has 110 valence electrons. The monoisotopic (exact) mass is 292 g/mol. The number of fused-ring (bicyclic) bond motifs is 1. The van der Waals surface area contributed by atoms with Gasteiger partial charge in [0.2, 0.25) is 0 Å². The van der Waals surface area contributed by atoms with Crippen LogP contribution in [0.1, 0.15) is 43.7 Å². The van der Waals surface area contributed by atoms with E-state index in [2.05, 4.69) is 24.0 Å². The smallest absolute Gasteiger partial charge is 0.0586 e. The molecule has 2 N–H and O–H groups in total. The van der Waals surface area contributed by atoms with Gasteiger partial charge in [-0.05, 0) is 74.4 Å². The van der Waals surface area contributed by atoms with Gasteiger partial charge in [-0.25, -0.2) is 0 Å². The summed E-state index contributed by atoms with van der Waals surface area (Å²) in [5.41, 5.74) is 9.18. The number of hydrogen-bond donors (Lipinski definition) is 1. The first kappa shape index (κ1) is 14.4. The Balaban J connectivity index is 1.97. The molecule has 1 atom stereocenters. The highest BCUT2D eigenvalue weighted by molar-refractivity contribution is 6.30. The highest BCUT2D eigenvalue weighted by Gasteiger charge is 2.41. The van der Waals surface area contributed by atoms with Crippen molar-refractivity contribution in [3.63, 3.8) is 0 Å². The molecular weight excluding hydrogens is 268 g/mol. The molecule has 0 aromatic heterocycles. The number of nitrogens with zero attached hydrogens (tertiary/aromatic N) is 1. The van der Waals surface area contributed by atoms with Gasteiger partial charge in [-0.1, -0.05) is 24.6 Å². The fourth-order valence-corrected chi connectivity index (χ4v) is 4.23. The Morgan fingerprint density at radius 2 is 2.10 bits per heavy atom. The van der Waals surface area contributed by atoms with Crippen LogP contribution in [0.3, 0.4) is 0 Å². The van der Waals surface area contributed by atoms with Crippen molar-refractivity contribution in [2.24, 2.45) is 11.7 Å². The Morgan fingerprint density at radius 3 is 2.80 bits per heavy atom. The van der Waals surface area contributed by atoms with E-state index < -0.39 is 0 Å². The number of halogens is 1. The van der Waals surface area contributed by atoms with Gasteiger partial charge >= 0.3 is 0 Å². The zero-order valence-corrected chi connectivity index (χ0v) is 13.1. The molecular formula is C17H25ClN2. The van der Waals surface area contributed by atoms with Crippen molar-refractivity contribution in [3.05, 3.63) is 34.3 Å². The second-order valence-electron chi connectivity index (χ2n) is 6.56. The number of likely N-dealkylation sites (tertiary alicyclic amines) is 1. The standard InChI is InChI=1S/C17H25ClN2/c1-13-6-9-20(10-7-13)17(12-19)8-2-3-14-11-15(18)4-5-16(14)17/h4-5,11,13H,2-3,6-10,12,19H2,1H3. The molecule has 1 aromatic rings. The van der Waals surface area contributed by atoms with Crippen LogP contribution in [-0.2, 0) is 12.0 Å². The zero-order chi connectivity index (χ0) is 14.2. The summed E-state index contributed by atoms with van der Waals surface area (Å²) < 4.78 is 0. The first-order valence-electron chi connectivity index (χ1n) is 7.90. The Bertz CT molecular complexity index is 480. The molecule has 0 radical (unpaired) electrons. The van der Waals surface area contributed by atoms with Gasteiger partial charge in [-0.3, -0.25) is 4.90 Å². The van der Waals surface area contributed by atoms with Crippen LogP contribution in [0.15, 0.2) is 18.2 Å². The van der Waals surface area contributed by atoms with Gasteiger partial charge in [0.05, 0.1) is 5.54 Å². The van der Waals surface area contributed by atoms with Crippen molar-refractivity contribution in [2.75, 3.05) is 19.6 Å². The Labute approximate surface area is 127 Å². The van der Waals surface area contributed by atoms with Crippen LogP contribution in [0.4, 0.5) is 0 Å². The fraction of sp³-hybridized carbons (Fsp3) is 0.647. The minimum Gasteiger partial charge on any atom is -0.328 e. The van der Waals surface area contributed by atoms with E-state index in [4.69, 9.17) is 17.3 Å². The molecule has 1 saturated heterocycles. The van der Waals surface area contributed by atoms with Crippen molar-refractivity contribution in [3.8, 4) is 0 Å². The predicted octanol–water partition coefficient (Wildman–Crippen LogP) is 3.56. The summed E-state index contributed by atoms with van der Waals surface area (Å²) in [7, 11) is 0. The van der Waals surface area contributed by atoms with Gasteiger partial charge in [0.1, 0.15) is 0 Å². The first-order valence-corrected chi connectivity index (χ1v) is 8.27. The van der Waals surface area contributed by atoms with Crippen molar-refractivity contribution >= 4 is 11.6 Å². The van der Waals surface area contributed by atoms with E-state index in [9.17, 15) is 0 Å². The van der Waals surface area contributed by atoms with E-state index >= 15 is 0 Å². The van der Waals surface area contributed by atoms with Crippen LogP contribution in [0.5, 0.6) is 0 Å². The van der Waals surface area contributed by atoms with Gasteiger partial charge in [-0.15, -0.1) is 0 Å². The highest BCUT2D eigenvalue weighted by atomic mass is 35.5. The second-order valence-corrected chi connectivity index (χ2v) is 7.00. The molecule has 1 aromatic carbocycles. The second kappa shape index (κ2) is 5.67. The zero-order valence-electron chi connectivity index (χ0n) is 12.4. The lowest BCUT2D eigenvalue weighted by molar-refractivity contribution is 0.0414. The van der Waals surface area contributed by atoms with Crippen molar-refractivity contribution in [1.29, 1.82) is 0 Å². The van der Waals surface area contributed by atoms with Crippen LogP contribution < -0.4 is 5.73 Å². The molecule has 2 nitrogen and oxygen atoms in total. The topological polar surface area (TPSA) is 29.3 Å². The fourth-order valence-electron chi connectivity index (χ4n) is 4.04. The largest absolute Gasteiger partial charge is 0.328 e. The van der Waals surface area contributed by atoms with Crippen molar-refractivity contribution < 1.29 is 0 Å². The SMILES string of the molecule is CC1CCN(C2(CN)CCCc3cc(Cl)ccc32)CC1. The van der Waals surface area contributed by atoms with E-state index in [1.54, 1.807) is 0 Å². The van der Waals surface area contributed by atoms with Gasteiger partial charge in [0, 0.05) is 11.6 Å². The third-order valence-electron chi connectivity index (χ3n) is 5.33. The molecule has 3 heteroatoms. The van der Waals surface area contributed by atoms with Crippen molar-refractivity contribution in [1.82, 2.24) is 4.90 Å². The van der Waals surface area contributed by atoms with E-state index in [0.29, 0.717) is 0 Å². The Morgan fingerprint density at radius 1 is 1.35 bits per heavy atom. The van der Waals surface area contributed by atoms with Crippen LogP contribution in [0.25, 0.3) is 0 Å². The Kier molecular flexibility index (Phi) is 4.07. The van der Waals surface area contributed by atoms with Crippen LogP contribution in [-0.4, -0.2) is 24.5 Å². The molecule has 1 fully saturated rings. The van der Waals surface area contributed by atoms with Crippen LogP contribution in [0.2, 0.25) is 5.02 Å². The van der Waals surface area contributed by atoms with Gasteiger partial charge in [-0.2, -0.15) is 0 Å². The van der Waals surface area contributed by atoms with Gasteiger partial charge < -0.3 is 5.73 Å². The molecule has 0 saturated carbocycles. The summed E-state index contributed by atoms with van der Waals surface area (Å²) in [6, 6.07) is 6.40. The number of nitrogens with two attached hydrogens (primary N) is 1. The van der Waals surface area contributed by atoms with E-state index in [-0.39, 0.29) is 5.54 Å². The maximum absolute atomic E-state index is 6.28. The number of piperidine rings is 1. The van der Waals surface area contributed by atoms with E-state index in [1.807, 2.05) is 6.07 Å². The lowest BCUT2D eigenvalue weighted by Gasteiger charge is -2.49. The van der Waals surface area contributed by atoms with Gasteiger partial charge in [0.25, 0.3) is 0 Å². The molecule has 20 heavy (non-hydrogen) atoms. The van der Waals surface area contributed by atoms with E-state index in [1.165, 1.54) is 49.9 Å². The number of hydrogen-bond acceptors (Lipinski definition) is 2. The van der Waals surface area contributed by atoms with Gasteiger partial charge in [0.15, 0.2) is 0 Å². The average Bonchev–Trinajstić information content (AvgIpc) is 2.47. The summed E-state index contributed by atoms with van der Waals surface area (Å²) in [5, 5.41) is 0.851. The summed E-state index contributed by atoms with van der Waals surface area (Å²) in [4.78, 5) is 2.65. The lowest BCUT2D eigenvalue weighted by Crippen LogP contribution is -2.55. The number of benzene rings is 1. The highest BCUT2D eigenvalue weighted by Crippen LogP contribution is 2.42. The molecule has 0 bridgehead atoms. The third-order valence-corrected chi connectivity index (χ3v) is 5.57. The summed E-state index contributed by atoms with van der Waals surface area (Å²) in [5.74, 6) is 0.856. The predicted molar refractivity (Wildman–Crippen MR) is 85.1 cm³/mol. The normalized spacial score (nSPS) is 28.4. The third kappa shape index (κ3) is 2.38. The maximum Gasteiger partial charge on any atom is 0.0586 e. The summed E-state index contributed by atoms with van der Waals surface area (Å²) in [6.45, 7) is 5.44. The molecule has 1 aliphatic heterocycles. The molecule has 0 spiro atoms. The quantitative estimate of drug-likeness (QED) is 0.903. The maximum atomic E-state index is 6.28. The minimum absolute atomic E-state index is 0.0539. The molecule has 1 unspecified atom stereocenters. The Hall–Kier alpha value is -0.570. The molecule has 1 heterocycles. The summed E-state index contributed by atoms with van der Waals surface area (Å²) in [6.07, 6.45) is 6.14. The molecule has 0 amide bonds.